The third kappa shape index (κ3) is 4.40. The van der Waals surface area contributed by atoms with E-state index in [1.54, 1.807) is 28.6 Å². The van der Waals surface area contributed by atoms with Crippen molar-refractivity contribution in [3.05, 3.63) is 35.3 Å². The van der Waals surface area contributed by atoms with Crippen LogP contribution in [-0.2, 0) is 6.54 Å². The molecule has 96 valence electrons. The maximum absolute atomic E-state index is 4.02. The van der Waals surface area contributed by atoms with E-state index >= 15 is 0 Å². The lowest BCUT2D eigenvalue weighted by Crippen LogP contribution is -2.18. The molecule has 0 saturated heterocycles. The summed E-state index contributed by atoms with van der Waals surface area (Å²) in [6, 6.07) is 8.60. The molecule has 2 aromatic rings. The topological polar surface area (TPSA) is 37.8 Å². The number of benzene rings is 1. The number of hydrogen-bond acceptors (Lipinski definition) is 5. The second kappa shape index (κ2) is 6.87. The Morgan fingerprint density at radius 3 is 2.67 bits per heavy atom. The third-order valence-electron chi connectivity index (χ3n) is 2.35. The number of nitrogens with zero attached hydrogens (tertiary/aromatic N) is 2. The minimum Gasteiger partial charge on any atom is -0.312 e. The van der Waals surface area contributed by atoms with Crippen molar-refractivity contribution in [2.75, 3.05) is 6.54 Å². The molecule has 0 bridgehead atoms. The summed E-state index contributed by atoms with van der Waals surface area (Å²) in [5.41, 5.74) is 3.07. The van der Waals surface area contributed by atoms with Crippen LogP contribution in [0.3, 0.4) is 0 Å². The number of aromatic nitrogens is 2. The summed E-state index contributed by atoms with van der Waals surface area (Å²) in [5, 5.41) is 11.3. The van der Waals surface area contributed by atoms with Gasteiger partial charge in [-0.3, -0.25) is 0 Å². The fourth-order valence-corrected chi connectivity index (χ4v) is 2.94. The smallest absolute Gasteiger partial charge is 0.178 e. The minimum atomic E-state index is 0.692. The van der Waals surface area contributed by atoms with Gasteiger partial charge in [-0.1, -0.05) is 49.1 Å². The van der Waals surface area contributed by atoms with Gasteiger partial charge in [-0.15, -0.1) is 10.2 Å². The van der Waals surface area contributed by atoms with Crippen LogP contribution in [0.25, 0.3) is 0 Å². The normalized spacial score (nSPS) is 11.1. The van der Waals surface area contributed by atoms with Gasteiger partial charge in [0.2, 0.25) is 0 Å². The fraction of sp³-hybridized carbons (Fsp3) is 0.385. The zero-order valence-corrected chi connectivity index (χ0v) is 12.2. The van der Waals surface area contributed by atoms with Crippen LogP contribution in [0.4, 0.5) is 0 Å². The van der Waals surface area contributed by atoms with E-state index in [1.165, 1.54) is 10.5 Å². The van der Waals surface area contributed by atoms with Crippen molar-refractivity contribution in [1.82, 2.24) is 15.5 Å². The summed E-state index contributed by atoms with van der Waals surface area (Å²) in [6.07, 6.45) is 0. The van der Waals surface area contributed by atoms with Crippen molar-refractivity contribution in [3.63, 3.8) is 0 Å². The van der Waals surface area contributed by atoms with E-state index in [-0.39, 0.29) is 0 Å². The number of nitrogens with one attached hydrogen (secondary N) is 1. The first-order valence-corrected chi connectivity index (χ1v) is 7.67. The van der Waals surface area contributed by atoms with E-state index in [0.717, 1.165) is 17.4 Å². The molecule has 0 aliphatic rings. The molecule has 0 saturated carbocycles. The molecule has 2 rings (SSSR count). The maximum atomic E-state index is 4.02. The predicted octanol–water partition coefficient (Wildman–Crippen LogP) is 3.43. The first-order valence-electron chi connectivity index (χ1n) is 5.97. The highest BCUT2D eigenvalue weighted by atomic mass is 32.2. The van der Waals surface area contributed by atoms with Gasteiger partial charge in [0.15, 0.2) is 4.34 Å². The van der Waals surface area contributed by atoms with Gasteiger partial charge >= 0.3 is 0 Å². The van der Waals surface area contributed by atoms with Crippen LogP contribution in [0, 0.1) is 5.92 Å². The first-order chi connectivity index (χ1) is 8.74. The van der Waals surface area contributed by atoms with Gasteiger partial charge in [-0.05, 0) is 30.2 Å². The van der Waals surface area contributed by atoms with Crippen molar-refractivity contribution in [1.29, 1.82) is 0 Å². The van der Waals surface area contributed by atoms with Crippen LogP contribution in [-0.4, -0.2) is 16.7 Å². The highest BCUT2D eigenvalue weighted by molar-refractivity contribution is 8.01. The Hall–Kier alpha value is -0.910. The van der Waals surface area contributed by atoms with Crippen LogP contribution >= 0.6 is 23.1 Å². The van der Waals surface area contributed by atoms with Gasteiger partial charge in [0.25, 0.3) is 0 Å². The monoisotopic (exact) mass is 279 g/mol. The van der Waals surface area contributed by atoms with Crippen LogP contribution in [0.1, 0.15) is 19.4 Å². The van der Waals surface area contributed by atoms with Crippen molar-refractivity contribution < 1.29 is 0 Å². The summed E-state index contributed by atoms with van der Waals surface area (Å²) in [5.74, 6) is 0.692. The molecule has 0 aliphatic heterocycles. The molecule has 0 aliphatic carbocycles. The predicted molar refractivity (Wildman–Crippen MR) is 77.0 cm³/mol. The molecule has 3 nitrogen and oxygen atoms in total. The molecule has 0 radical (unpaired) electrons. The van der Waals surface area contributed by atoms with Gasteiger partial charge in [0.05, 0.1) is 0 Å². The number of hydrogen-bond donors (Lipinski definition) is 1. The van der Waals surface area contributed by atoms with Crippen molar-refractivity contribution in [2.45, 2.75) is 29.6 Å². The molecule has 5 heteroatoms. The lowest BCUT2D eigenvalue weighted by molar-refractivity contribution is 0.552. The molecule has 0 fully saturated rings. The first kappa shape index (κ1) is 13.5. The quantitative estimate of drug-likeness (QED) is 0.879. The molecule has 0 amide bonds. The Bertz CT molecular complexity index is 452. The van der Waals surface area contributed by atoms with Crippen LogP contribution in [0.2, 0.25) is 0 Å². The average Bonchev–Trinajstić information content (AvgIpc) is 2.84. The molecule has 0 spiro atoms. The summed E-state index contributed by atoms with van der Waals surface area (Å²) in [4.78, 5) is 1.21. The van der Waals surface area contributed by atoms with E-state index < -0.39 is 0 Å². The SMILES string of the molecule is CC(C)CNCc1ccc(Sc2nncs2)cc1. The summed E-state index contributed by atoms with van der Waals surface area (Å²) in [7, 11) is 0. The molecule has 0 atom stereocenters. The van der Waals surface area contributed by atoms with Gasteiger partial charge in [0, 0.05) is 11.4 Å². The molecule has 1 heterocycles. The molecule has 1 N–H and O–H groups in total. The largest absolute Gasteiger partial charge is 0.312 e. The van der Waals surface area contributed by atoms with E-state index in [2.05, 4.69) is 53.6 Å². The number of rotatable bonds is 6. The maximum Gasteiger partial charge on any atom is 0.178 e. The van der Waals surface area contributed by atoms with E-state index in [9.17, 15) is 0 Å². The van der Waals surface area contributed by atoms with E-state index in [0.29, 0.717) is 5.92 Å². The van der Waals surface area contributed by atoms with E-state index in [4.69, 9.17) is 0 Å². The minimum absolute atomic E-state index is 0.692. The molecular formula is C13H17N3S2. The second-order valence-electron chi connectivity index (χ2n) is 4.48. The Morgan fingerprint density at radius 1 is 1.28 bits per heavy atom. The zero-order valence-electron chi connectivity index (χ0n) is 10.6. The average molecular weight is 279 g/mol. The highest BCUT2D eigenvalue weighted by Crippen LogP contribution is 2.28. The Morgan fingerprint density at radius 2 is 2.06 bits per heavy atom. The molecule has 1 aromatic carbocycles. The molecule has 0 unspecified atom stereocenters. The Labute approximate surface area is 116 Å². The van der Waals surface area contributed by atoms with Crippen LogP contribution in [0.5, 0.6) is 0 Å². The van der Waals surface area contributed by atoms with Crippen LogP contribution in [0.15, 0.2) is 39.0 Å². The van der Waals surface area contributed by atoms with E-state index in [1.807, 2.05) is 0 Å². The summed E-state index contributed by atoms with van der Waals surface area (Å²) < 4.78 is 0.987. The standard InChI is InChI=1S/C13H17N3S2/c1-10(2)7-14-8-11-3-5-12(6-4-11)18-13-16-15-9-17-13/h3-6,9-10,14H,7-8H2,1-2H3. The summed E-state index contributed by atoms with van der Waals surface area (Å²) >= 11 is 3.22. The fourth-order valence-electron chi connectivity index (χ4n) is 1.49. The molecular weight excluding hydrogens is 262 g/mol. The van der Waals surface area contributed by atoms with Crippen molar-refractivity contribution in [2.24, 2.45) is 5.92 Å². The molecule has 18 heavy (non-hydrogen) atoms. The lowest BCUT2D eigenvalue weighted by atomic mass is 10.2. The summed E-state index contributed by atoms with van der Waals surface area (Å²) in [6.45, 7) is 6.42. The third-order valence-corrected chi connectivity index (χ3v) is 4.14. The van der Waals surface area contributed by atoms with Crippen molar-refractivity contribution in [3.8, 4) is 0 Å². The van der Waals surface area contributed by atoms with Gasteiger partial charge < -0.3 is 5.32 Å². The lowest BCUT2D eigenvalue weighted by Gasteiger charge is -2.07. The molecule has 1 aromatic heterocycles. The Balaban J connectivity index is 1.85. The highest BCUT2D eigenvalue weighted by Gasteiger charge is 2.01. The van der Waals surface area contributed by atoms with Crippen LogP contribution < -0.4 is 5.32 Å². The van der Waals surface area contributed by atoms with Gasteiger partial charge in [-0.25, -0.2) is 0 Å². The Kier molecular flexibility index (Phi) is 5.16. The van der Waals surface area contributed by atoms with Gasteiger partial charge in [-0.2, -0.15) is 0 Å². The zero-order chi connectivity index (χ0) is 12.8. The second-order valence-corrected chi connectivity index (χ2v) is 6.63. The van der Waals surface area contributed by atoms with Gasteiger partial charge in [0.1, 0.15) is 5.51 Å². The van der Waals surface area contributed by atoms with Crippen molar-refractivity contribution >= 4 is 23.1 Å².